The minimum Gasteiger partial charge on any atom is -0.326 e. The SMILES string of the molecule is NCc1ccccc1CCN(CC1CC1)C1CC1. The van der Waals surface area contributed by atoms with Gasteiger partial charge in [0.1, 0.15) is 0 Å². The molecule has 0 saturated heterocycles. The van der Waals surface area contributed by atoms with Gasteiger partial charge in [0.05, 0.1) is 0 Å². The minimum atomic E-state index is 0.669. The molecule has 0 radical (unpaired) electrons. The maximum Gasteiger partial charge on any atom is 0.0180 e. The molecule has 2 fully saturated rings. The summed E-state index contributed by atoms with van der Waals surface area (Å²) in [6.45, 7) is 3.23. The second-order valence-electron chi connectivity index (χ2n) is 5.89. The first-order valence-electron chi connectivity index (χ1n) is 7.37. The van der Waals surface area contributed by atoms with Crippen molar-refractivity contribution in [2.45, 2.75) is 44.7 Å². The molecule has 0 atom stereocenters. The molecule has 2 N–H and O–H groups in total. The molecule has 0 unspecified atom stereocenters. The molecule has 3 rings (SSSR count). The molecular weight excluding hydrogens is 220 g/mol. The summed E-state index contributed by atoms with van der Waals surface area (Å²) in [5.74, 6) is 1.01. The van der Waals surface area contributed by atoms with E-state index in [9.17, 15) is 0 Å². The van der Waals surface area contributed by atoms with Gasteiger partial charge in [0.15, 0.2) is 0 Å². The van der Waals surface area contributed by atoms with E-state index in [1.807, 2.05) is 0 Å². The molecule has 1 aromatic rings. The number of nitrogens with two attached hydrogens (primary N) is 1. The molecule has 0 heterocycles. The lowest BCUT2D eigenvalue weighted by Gasteiger charge is -2.22. The highest BCUT2D eigenvalue weighted by atomic mass is 15.2. The van der Waals surface area contributed by atoms with Gasteiger partial charge in [-0.3, -0.25) is 4.90 Å². The Labute approximate surface area is 110 Å². The number of hydrogen-bond acceptors (Lipinski definition) is 2. The molecule has 0 spiro atoms. The Morgan fingerprint density at radius 3 is 2.39 bits per heavy atom. The van der Waals surface area contributed by atoms with Gasteiger partial charge in [-0.05, 0) is 49.1 Å². The fraction of sp³-hybridized carbons (Fsp3) is 0.625. The van der Waals surface area contributed by atoms with Gasteiger partial charge in [0.2, 0.25) is 0 Å². The predicted octanol–water partition coefficient (Wildman–Crippen LogP) is 2.56. The van der Waals surface area contributed by atoms with Crippen molar-refractivity contribution in [2.75, 3.05) is 13.1 Å². The Hall–Kier alpha value is -0.860. The smallest absolute Gasteiger partial charge is 0.0180 e. The summed E-state index contributed by atoms with van der Waals surface area (Å²) in [6.07, 6.45) is 6.93. The van der Waals surface area contributed by atoms with Crippen LogP contribution >= 0.6 is 0 Å². The van der Waals surface area contributed by atoms with Gasteiger partial charge in [-0.25, -0.2) is 0 Å². The van der Waals surface area contributed by atoms with E-state index in [2.05, 4.69) is 29.2 Å². The Morgan fingerprint density at radius 1 is 1.06 bits per heavy atom. The molecule has 1 aromatic carbocycles. The van der Waals surface area contributed by atoms with Crippen molar-refractivity contribution >= 4 is 0 Å². The Morgan fingerprint density at radius 2 is 1.78 bits per heavy atom. The minimum absolute atomic E-state index is 0.669. The van der Waals surface area contributed by atoms with E-state index in [0.717, 1.165) is 18.4 Å². The lowest BCUT2D eigenvalue weighted by Crippen LogP contribution is -2.30. The molecule has 98 valence electrons. The molecule has 0 bridgehead atoms. The maximum atomic E-state index is 5.81. The van der Waals surface area contributed by atoms with Crippen LogP contribution in [0.5, 0.6) is 0 Å². The second-order valence-corrected chi connectivity index (χ2v) is 5.89. The molecule has 2 heteroatoms. The first-order valence-corrected chi connectivity index (χ1v) is 7.37. The van der Waals surface area contributed by atoms with Crippen LogP contribution in [0.1, 0.15) is 36.8 Å². The summed E-state index contributed by atoms with van der Waals surface area (Å²) >= 11 is 0. The van der Waals surface area contributed by atoms with Crippen LogP contribution in [0, 0.1) is 5.92 Å². The van der Waals surface area contributed by atoms with E-state index in [4.69, 9.17) is 5.73 Å². The highest BCUT2D eigenvalue weighted by Gasteiger charge is 2.33. The lowest BCUT2D eigenvalue weighted by molar-refractivity contribution is 0.255. The highest BCUT2D eigenvalue weighted by molar-refractivity contribution is 5.27. The quantitative estimate of drug-likeness (QED) is 0.798. The largest absolute Gasteiger partial charge is 0.326 e. The van der Waals surface area contributed by atoms with Crippen LogP contribution in [-0.4, -0.2) is 24.0 Å². The first-order chi connectivity index (χ1) is 8.86. The third-order valence-corrected chi connectivity index (χ3v) is 4.26. The van der Waals surface area contributed by atoms with Gasteiger partial charge in [0.25, 0.3) is 0 Å². The summed E-state index contributed by atoms with van der Waals surface area (Å²) in [7, 11) is 0. The Kier molecular flexibility index (Phi) is 3.67. The molecule has 2 nitrogen and oxygen atoms in total. The third-order valence-electron chi connectivity index (χ3n) is 4.26. The number of nitrogens with zero attached hydrogens (tertiary/aromatic N) is 1. The van der Waals surface area contributed by atoms with E-state index in [1.54, 1.807) is 0 Å². The van der Waals surface area contributed by atoms with E-state index >= 15 is 0 Å². The van der Waals surface area contributed by atoms with Crippen molar-refractivity contribution in [2.24, 2.45) is 11.7 Å². The van der Waals surface area contributed by atoms with Crippen LogP contribution in [0.25, 0.3) is 0 Å². The lowest BCUT2D eigenvalue weighted by atomic mass is 10.0. The number of rotatable bonds is 7. The van der Waals surface area contributed by atoms with Gasteiger partial charge in [-0.1, -0.05) is 24.3 Å². The van der Waals surface area contributed by atoms with E-state index in [-0.39, 0.29) is 0 Å². The molecule has 2 aliphatic carbocycles. The number of benzene rings is 1. The van der Waals surface area contributed by atoms with Crippen LogP contribution < -0.4 is 5.73 Å². The fourth-order valence-electron chi connectivity index (χ4n) is 2.76. The predicted molar refractivity (Wildman–Crippen MR) is 75.4 cm³/mol. The first kappa shape index (κ1) is 12.2. The highest BCUT2D eigenvalue weighted by Crippen LogP contribution is 2.34. The molecule has 0 aromatic heterocycles. The molecule has 18 heavy (non-hydrogen) atoms. The molecule has 0 aliphatic heterocycles. The van der Waals surface area contributed by atoms with Crippen molar-refractivity contribution in [1.29, 1.82) is 0 Å². The van der Waals surface area contributed by atoms with Crippen LogP contribution in [0.4, 0.5) is 0 Å². The summed E-state index contributed by atoms with van der Waals surface area (Å²) in [5, 5.41) is 0. The maximum absolute atomic E-state index is 5.81. The van der Waals surface area contributed by atoms with Gasteiger partial charge in [-0.2, -0.15) is 0 Å². The van der Waals surface area contributed by atoms with Crippen LogP contribution in [0.2, 0.25) is 0 Å². The second kappa shape index (κ2) is 5.41. The van der Waals surface area contributed by atoms with Gasteiger partial charge >= 0.3 is 0 Å². The normalized spacial score (nSPS) is 19.4. The van der Waals surface area contributed by atoms with Gasteiger partial charge in [-0.15, -0.1) is 0 Å². The van der Waals surface area contributed by atoms with Crippen LogP contribution in [-0.2, 0) is 13.0 Å². The molecule has 2 aliphatic rings. The van der Waals surface area contributed by atoms with Crippen molar-refractivity contribution < 1.29 is 0 Å². The van der Waals surface area contributed by atoms with Crippen LogP contribution in [0.15, 0.2) is 24.3 Å². The zero-order valence-corrected chi connectivity index (χ0v) is 11.1. The average Bonchev–Trinajstić information content (AvgIpc) is 3.27. The number of hydrogen-bond donors (Lipinski definition) is 1. The van der Waals surface area contributed by atoms with E-state index in [0.29, 0.717) is 6.54 Å². The summed E-state index contributed by atoms with van der Waals surface area (Å²) in [6, 6.07) is 9.53. The third kappa shape index (κ3) is 3.12. The topological polar surface area (TPSA) is 29.3 Å². The van der Waals surface area contributed by atoms with E-state index in [1.165, 1.54) is 49.9 Å². The van der Waals surface area contributed by atoms with Crippen molar-refractivity contribution in [3.8, 4) is 0 Å². The molecule has 2 saturated carbocycles. The Bertz CT molecular complexity index is 394. The molecular formula is C16H24N2. The zero-order valence-electron chi connectivity index (χ0n) is 11.1. The van der Waals surface area contributed by atoms with E-state index < -0.39 is 0 Å². The van der Waals surface area contributed by atoms with Gasteiger partial charge < -0.3 is 5.73 Å². The Balaban J connectivity index is 1.57. The van der Waals surface area contributed by atoms with Crippen molar-refractivity contribution in [3.63, 3.8) is 0 Å². The zero-order chi connectivity index (χ0) is 12.4. The fourth-order valence-corrected chi connectivity index (χ4v) is 2.76. The monoisotopic (exact) mass is 244 g/mol. The standard InChI is InChI=1S/C16H24N2/c17-11-15-4-2-1-3-14(15)9-10-18(16-7-8-16)12-13-5-6-13/h1-4,13,16H,5-12,17H2. The summed E-state index contributed by atoms with van der Waals surface area (Å²) < 4.78 is 0. The van der Waals surface area contributed by atoms with Crippen LogP contribution in [0.3, 0.4) is 0 Å². The van der Waals surface area contributed by atoms with Crippen molar-refractivity contribution in [1.82, 2.24) is 4.90 Å². The average molecular weight is 244 g/mol. The van der Waals surface area contributed by atoms with Gasteiger partial charge in [0, 0.05) is 25.7 Å². The summed E-state index contributed by atoms with van der Waals surface area (Å²) in [4.78, 5) is 2.73. The van der Waals surface area contributed by atoms with Crippen molar-refractivity contribution in [3.05, 3.63) is 35.4 Å². The molecule has 0 amide bonds. The summed E-state index contributed by atoms with van der Waals surface area (Å²) in [5.41, 5.74) is 8.57.